The maximum Gasteiger partial charge on any atom is 0.115 e. The molecule has 5 heteroatoms. The summed E-state index contributed by atoms with van der Waals surface area (Å²) in [5.74, 6) is 0. The van der Waals surface area contributed by atoms with Crippen LogP contribution in [0.15, 0.2) is 18.6 Å². The lowest BCUT2D eigenvalue weighted by Crippen LogP contribution is -2.41. The van der Waals surface area contributed by atoms with Gasteiger partial charge in [-0.1, -0.05) is 0 Å². The second kappa shape index (κ2) is 7.32. The topological polar surface area (TPSA) is 64.3 Å². The van der Waals surface area contributed by atoms with Gasteiger partial charge in [-0.2, -0.15) is 0 Å². The zero-order valence-corrected chi connectivity index (χ0v) is 10.8. The highest BCUT2D eigenvalue weighted by Gasteiger charge is 2.22. The van der Waals surface area contributed by atoms with Gasteiger partial charge >= 0.3 is 0 Å². The summed E-state index contributed by atoms with van der Waals surface area (Å²) in [6.07, 6.45) is 3.31. The molecule has 1 atom stereocenters. The van der Waals surface area contributed by atoms with Crippen LogP contribution in [0.1, 0.15) is 25.6 Å². The molecule has 0 saturated carbocycles. The highest BCUT2D eigenvalue weighted by Crippen LogP contribution is 2.19. The fraction of sp³-hybridized carbons (Fsp3) is 0.667. The summed E-state index contributed by atoms with van der Waals surface area (Å²) in [5.41, 5.74) is 6.84. The molecule has 1 aromatic heterocycles. The predicted octanol–water partition coefficient (Wildman–Crippen LogP) is 0.833. The molecule has 96 valence electrons. The Hall–Kier alpha value is -1.04. The number of ether oxygens (including phenoxy) is 1. The van der Waals surface area contributed by atoms with Crippen LogP contribution in [0.3, 0.4) is 0 Å². The van der Waals surface area contributed by atoms with Crippen LogP contribution in [0.2, 0.25) is 0 Å². The van der Waals surface area contributed by atoms with Crippen LogP contribution >= 0.6 is 0 Å². The summed E-state index contributed by atoms with van der Waals surface area (Å²) >= 11 is 0. The molecule has 0 aromatic carbocycles. The average Bonchev–Trinajstić information content (AvgIpc) is 2.35. The van der Waals surface area contributed by atoms with Gasteiger partial charge in [-0.05, 0) is 19.9 Å². The van der Waals surface area contributed by atoms with Crippen LogP contribution in [0, 0.1) is 0 Å². The minimum absolute atomic E-state index is 0.119. The summed E-state index contributed by atoms with van der Waals surface area (Å²) in [6, 6.07) is 2.43. The van der Waals surface area contributed by atoms with Gasteiger partial charge in [0, 0.05) is 32.4 Å². The summed E-state index contributed by atoms with van der Waals surface area (Å²) in [6.45, 7) is 6.39. The first-order valence-electron chi connectivity index (χ1n) is 5.91. The highest BCUT2D eigenvalue weighted by molar-refractivity contribution is 5.06. The smallest absolute Gasteiger partial charge is 0.115 e. The average molecular weight is 238 g/mol. The molecule has 17 heavy (non-hydrogen) atoms. The van der Waals surface area contributed by atoms with Crippen molar-refractivity contribution in [3.8, 4) is 0 Å². The molecule has 0 amide bonds. The SMILES string of the molecule is COCCN(C(C)C)C(CN)c1ccncn1. The molecule has 0 bridgehead atoms. The van der Waals surface area contributed by atoms with Gasteiger partial charge in [0.2, 0.25) is 0 Å². The number of rotatable bonds is 7. The van der Waals surface area contributed by atoms with Crippen molar-refractivity contribution >= 4 is 0 Å². The van der Waals surface area contributed by atoms with Crippen molar-refractivity contribution in [2.24, 2.45) is 5.73 Å². The molecule has 0 radical (unpaired) electrons. The van der Waals surface area contributed by atoms with Gasteiger partial charge in [0.25, 0.3) is 0 Å². The van der Waals surface area contributed by atoms with E-state index in [0.717, 1.165) is 12.2 Å². The van der Waals surface area contributed by atoms with Crippen LogP contribution in [0.4, 0.5) is 0 Å². The number of hydrogen-bond donors (Lipinski definition) is 1. The van der Waals surface area contributed by atoms with Crippen LogP contribution in [0.25, 0.3) is 0 Å². The molecule has 0 aliphatic rings. The van der Waals surface area contributed by atoms with Crippen molar-refractivity contribution in [1.29, 1.82) is 0 Å². The van der Waals surface area contributed by atoms with Crippen molar-refractivity contribution < 1.29 is 4.74 Å². The first-order chi connectivity index (χ1) is 8.20. The van der Waals surface area contributed by atoms with Crippen molar-refractivity contribution in [2.75, 3.05) is 26.8 Å². The van der Waals surface area contributed by atoms with E-state index in [2.05, 4.69) is 28.7 Å². The van der Waals surface area contributed by atoms with Crippen molar-refractivity contribution in [1.82, 2.24) is 14.9 Å². The van der Waals surface area contributed by atoms with Crippen LogP contribution in [0.5, 0.6) is 0 Å². The second-order valence-corrected chi connectivity index (χ2v) is 4.21. The zero-order valence-electron chi connectivity index (χ0n) is 10.8. The van der Waals surface area contributed by atoms with Crippen molar-refractivity contribution in [3.63, 3.8) is 0 Å². The Bertz CT molecular complexity index is 305. The Labute approximate surface area is 103 Å². The lowest BCUT2D eigenvalue weighted by Gasteiger charge is -2.33. The molecule has 0 aliphatic heterocycles. The molecule has 0 spiro atoms. The van der Waals surface area contributed by atoms with E-state index < -0.39 is 0 Å². The van der Waals surface area contributed by atoms with Crippen molar-refractivity contribution in [3.05, 3.63) is 24.3 Å². The molecule has 1 heterocycles. The van der Waals surface area contributed by atoms with E-state index >= 15 is 0 Å². The van der Waals surface area contributed by atoms with Gasteiger partial charge in [0.15, 0.2) is 0 Å². The van der Waals surface area contributed by atoms with Gasteiger partial charge in [0.1, 0.15) is 6.33 Å². The fourth-order valence-corrected chi connectivity index (χ4v) is 1.89. The third kappa shape index (κ3) is 4.03. The Morgan fingerprint density at radius 1 is 1.47 bits per heavy atom. The molecule has 1 aromatic rings. The standard InChI is InChI=1S/C12H22N4O/c1-10(2)16(6-7-17-3)12(8-13)11-4-5-14-9-15-11/h4-5,9-10,12H,6-8,13H2,1-3H3. The second-order valence-electron chi connectivity index (χ2n) is 4.21. The van der Waals surface area contributed by atoms with Crippen LogP contribution in [-0.4, -0.2) is 47.7 Å². The summed E-state index contributed by atoms with van der Waals surface area (Å²) in [4.78, 5) is 10.5. The highest BCUT2D eigenvalue weighted by atomic mass is 16.5. The van der Waals surface area contributed by atoms with E-state index in [4.69, 9.17) is 10.5 Å². The molecule has 0 saturated heterocycles. The molecule has 0 fully saturated rings. The van der Waals surface area contributed by atoms with Crippen LogP contribution in [-0.2, 0) is 4.74 Å². The molecule has 5 nitrogen and oxygen atoms in total. The minimum Gasteiger partial charge on any atom is -0.383 e. The monoisotopic (exact) mass is 238 g/mol. The number of methoxy groups -OCH3 is 1. The molecular formula is C12H22N4O. The first kappa shape index (κ1) is 14.0. The van der Waals surface area contributed by atoms with Gasteiger partial charge < -0.3 is 10.5 Å². The molecule has 1 unspecified atom stereocenters. The molecular weight excluding hydrogens is 216 g/mol. The Balaban J connectivity index is 2.81. The lowest BCUT2D eigenvalue weighted by molar-refractivity contribution is 0.0963. The van der Waals surface area contributed by atoms with E-state index in [1.54, 1.807) is 19.6 Å². The van der Waals surface area contributed by atoms with E-state index in [0.29, 0.717) is 19.2 Å². The zero-order chi connectivity index (χ0) is 12.7. The van der Waals surface area contributed by atoms with Gasteiger partial charge in [-0.3, -0.25) is 4.90 Å². The van der Waals surface area contributed by atoms with E-state index in [-0.39, 0.29) is 6.04 Å². The summed E-state index contributed by atoms with van der Waals surface area (Å²) in [7, 11) is 1.71. The van der Waals surface area contributed by atoms with Crippen LogP contribution < -0.4 is 5.73 Å². The molecule has 2 N–H and O–H groups in total. The summed E-state index contributed by atoms with van der Waals surface area (Å²) in [5, 5.41) is 0. The molecule has 0 aliphatic carbocycles. The number of nitrogens with two attached hydrogens (primary N) is 1. The largest absolute Gasteiger partial charge is 0.383 e. The minimum atomic E-state index is 0.119. The Morgan fingerprint density at radius 2 is 2.24 bits per heavy atom. The van der Waals surface area contributed by atoms with E-state index in [1.807, 2.05) is 6.07 Å². The predicted molar refractivity (Wildman–Crippen MR) is 67.5 cm³/mol. The van der Waals surface area contributed by atoms with Crippen molar-refractivity contribution in [2.45, 2.75) is 25.9 Å². The quantitative estimate of drug-likeness (QED) is 0.762. The maximum absolute atomic E-state index is 5.87. The third-order valence-electron chi connectivity index (χ3n) is 2.79. The van der Waals surface area contributed by atoms with Gasteiger partial charge in [-0.15, -0.1) is 0 Å². The van der Waals surface area contributed by atoms with Gasteiger partial charge in [0.05, 0.1) is 18.3 Å². The number of aromatic nitrogens is 2. The number of nitrogens with zero attached hydrogens (tertiary/aromatic N) is 3. The molecule has 1 rings (SSSR count). The Morgan fingerprint density at radius 3 is 2.71 bits per heavy atom. The van der Waals surface area contributed by atoms with Gasteiger partial charge in [-0.25, -0.2) is 9.97 Å². The Kier molecular flexibility index (Phi) is 6.04. The fourth-order valence-electron chi connectivity index (χ4n) is 1.89. The third-order valence-corrected chi connectivity index (χ3v) is 2.79. The van der Waals surface area contributed by atoms with E-state index in [1.165, 1.54) is 0 Å². The first-order valence-corrected chi connectivity index (χ1v) is 5.91. The lowest BCUT2D eigenvalue weighted by atomic mass is 10.1. The normalized spacial score (nSPS) is 13.3. The maximum atomic E-state index is 5.87. The number of hydrogen-bond acceptors (Lipinski definition) is 5. The van der Waals surface area contributed by atoms with E-state index in [9.17, 15) is 0 Å². The summed E-state index contributed by atoms with van der Waals surface area (Å²) < 4.78 is 5.14.